The first-order valence-electron chi connectivity index (χ1n) is 7.32. The van der Waals surface area contributed by atoms with Gasteiger partial charge in [-0.3, -0.25) is 14.5 Å². The molecule has 0 atom stereocenters. The second-order valence-electron chi connectivity index (χ2n) is 5.59. The quantitative estimate of drug-likeness (QED) is 0.794. The summed E-state index contributed by atoms with van der Waals surface area (Å²) in [6, 6.07) is 7.43. The van der Waals surface area contributed by atoms with Crippen LogP contribution in [0.1, 0.15) is 35.7 Å². The predicted octanol–water partition coefficient (Wildman–Crippen LogP) is 1.12. The normalized spacial score (nSPS) is 16.0. The molecule has 1 aromatic carbocycles. The lowest BCUT2D eigenvalue weighted by Gasteiger charge is -2.32. The molecule has 2 rings (SSSR count). The molecule has 0 saturated carbocycles. The second kappa shape index (κ2) is 7.05. The number of carbonyl (C=O) groups excluding carboxylic acids is 2. The smallest absolute Gasteiger partial charge is 0.231 e. The van der Waals surface area contributed by atoms with Crippen LogP contribution in [-0.4, -0.2) is 42.3 Å². The molecule has 116 valence electrons. The van der Waals surface area contributed by atoms with E-state index in [4.69, 9.17) is 5.73 Å². The summed E-state index contributed by atoms with van der Waals surface area (Å²) in [5, 5.41) is 12.5. The molecular weight excluding hydrogens is 280 g/mol. The Morgan fingerprint density at radius 3 is 2.64 bits per heavy atom. The minimum Gasteiger partial charge on any atom is -0.381 e. The topological polar surface area (TPSA) is 99.2 Å². The van der Waals surface area contributed by atoms with E-state index in [0.717, 1.165) is 25.9 Å². The number of nitrogens with one attached hydrogen (secondary N) is 1. The molecule has 3 N–H and O–H groups in total. The first kappa shape index (κ1) is 16.0. The van der Waals surface area contributed by atoms with E-state index in [1.54, 1.807) is 18.2 Å². The van der Waals surface area contributed by atoms with Gasteiger partial charge in [-0.25, -0.2) is 0 Å². The molecule has 0 aromatic heterocycles. The Hall–Kier alpha value is -2.39. The third-order valence-corrected chi connectivity index (χ3v) is 3.87. The lowest BCUT2D eigenvalue weighted by Crippen LogP contribution is -2.43. The number of ketones is 1. The van der Waals surface area contributed by atoms with Crippen molar-refractivity contribution >= 4 is 17.4 Å². The summed E-state index contributed by atoms with van der Waals surface area (Å²) in [6.45, 7) is 3.37. The number of amides is 1. The molecule has 0 aliphatic carbocycles. The highest BCUT2D eigenvalue weighted by atomic mass is 16.1. The van der Waals surface area contributed by atoms with Gasteiger partial charge in [-0.2, -0.15) is 5.26 Å². The lowest BCUT2D eigenvalue weighted by molar-refractivity contribution is -0.119. The lowest BCUT2D eigenvalue weighted by atomic mass is 10.0. The van der Waals surface area contributed by atoms with Gasteiger partial charge in [0.15, 0.2) is 5.78 Å². The van der Waals surface area contributed by atoms with E-state index in [0.29, 0.717) is 16.8 Å². The maximum Gasteiger partial charge on any atom is 0.231 e. The minimum absolute atomic E-state index is 0.0242. The van der Waals surface area contributed by atoms with Crippen LogP contribution in [0.25, 0.3) is 0 Å². The first-order chi connectivity index (χ1) is 10.5. The average Bonchev–Trinajstić information content (AvgIpc) is 2.48. The van der Waals surface area contributed by atoms with Crippen LogP contribution in [0.3, 0.4) is 0 Å². The van der Waals surface area contributed by atoms with Crippen LogP contribution in [0.5, 0.6) is 0 Å². The van der Waals surface area contributed by atoms with Gasteiger partial charge in [0.1, 0.15) is 6.07 Å². The van der Waals surface area contributed by atoms with Gasteiger partial charge in [0.2, 0.25) is 5.91 Å². The molecule has 1 aliphatic rings. The molecule has 0 spiro atoms. The number of nitrogens with two attached hydrogens (primary N) is 1. The number of carbonyl (C=O) groups is 2. The van der Waals surface area contributed by atoms with Gasteiger partial charge >= 0.3 is 0 Å². The number of rotatable bonds is 5. The Balaban J connectivity index is 2.02. The van der Waals surface area contributed by atoms with Crippen molar-refractivity contribution in [3.8, 4) is 6.07 Å². The Morgan fingerprint density at radius 2 is 2.09 bits per heavy atom. The Labute approximate surface area is 129 Å². The van der Waals surface area contributed by atoms with E-state index in [1.807, 2.05) is 4.90 Å². The predicted molar refractivity (Wildman–Crippen MR) is 83.4 cm³/mol. The highest BCUT2D eigenvalue weighted by Gasteiger charge is 2.21. The van der Waals surface area contributed by atoms with Crippen LogP contribution < -0.4 is 11.1 Å². The second-order valence-corrected chi connectivity index (χ2v) is 5.59. The van der Waals surface area contributed by atoms with Crippen molar-refractivity contribution in [2.75, 3.05) is 25.0 Å². The number of nitrogens with zero attached hydrogens (tertiary/aromatic N) is 2. The molecule has 1 heterocycles. The van der Waals surface area contributed by atoms with Gasteiger partial charge in [0, 0.05) is 24.7 Å². The van der Waals surface area contributed by atoms with E-state index in [9.17, 15) is 14.9 Å². The van der Waals surface area contributed by atoms with Gasteiger partial charge < -0.3 is 11.1 Å². The van der Waals surface area contributed by atoms with E-state index in [2.05, 4.69) is 11.4 Å². The van der Waals surface area contributed by atoms with Gasteiger partial charge in [0.05, 0.1) is 17.8 Å². The summed E-state index contributed by atoms with van der Waals surface area (Å²) in [6.07, 6.45) is 1.73. The van der Waals surface area contributed by atoms with Crippen molar-refractivity contribution in [2.45, 2.75) is 25.8 Å². The van der Waals surface area contributed by atoms with Crippen molar-refractivity contribution < 1.29 is 9.59 Å². The Bertz CT molecular complexity index is 613. The van der Waals surface area contributed by atoms with Crippen LogP contribution in [0.2, 0.25) is 0 Å². The highest BCUT2D eigenvalue weighted by Crippen LogP contribution is 2.22. The standard InChI is InChI=1S/C16H20N4O2/c1-11(21)12-2-3-13(9-17)15(8-12)19-14-4-6-20(7-5-14)10-16(18)22/h2-3,8,14,19H,4-7,10H2,1H3,(H2,18,22). The molecule has 1 saturated heterocycles. The molecule has 0 unspecified atom stereocenters. The van der Waals surface area contributed by atoms with Gasteiger partial charge in [0.25, 0.3) is 0 Å². The third-order valence-electron chi connectivity index (χ3n) is 3.87. The fourth-order valence-corrected chi connectivity index (χ4v) is 2.66. The summed E-state index contributed by atoms with van der Waals surface area (Å²) in [5.41, 5.74) is 7.02. The summed E-state index contributed by atoms with van der Waals surface area (Å²) < 4.78 is 0. The third kappa shape index (κ3) is 4.06. The van der Waals surface area contributed by atoms with Crippen LogP contribution in [0.4, 0.5) is 5.69 Å². The summed E-state index contributed by atoms with van der Waals surface area (Å²) >= 11 is 0. The maximum absolute atomic E-state index is 11.5. The number of anilines is 1. The number of benzene rings is 1. The van der Waals surface area contributed by atoms with E-state index in [1.165, 1.54) is 6.92 Å². The van der Waals surface area contributed by atoms with Crippen molar-refractivity contribution in [3.63, 3.8) is 0 Å². The number of likely N-dealkylation sites (tertiary alicyclic amines) is 1. The average molecular weight is 300 g/mol. The number of Topliss-reactive ketones (excluding diaryl/α,β-unsaturated/α-hetero) is 1. The van der Waals surface area contributed by atoms with Crippen LogP contribution in [0, 0.1) is 11.3 Å². The van der Waals surface area contributed by atoms with E-state index < -0.39 is 0 Å². The summed E-state index contributed by atoms with van der Waals surface area (Å²) in [7, 11) is 0. The molecular formula is C16H20N4O2. The number of primary amides is 1. The largest absolute Gasteiger partial charge is 0.381 e. The van der Waals surface area contributed by atoms with Crippen molar-refractivity contribution in [1.29, 1.82) is 5.26 Å². The Morgan fingerprint density at radius 1 is 1.41 bits per heavy atom. The molecule has 0 radical (unpaired) electrons. The molecule has 6 nitrogen and oxygen atoms in total. The molecule has 1 aliphatic heterocycles. The monoisotopic (exact) mass is 300 g/mol. The molecule has 0 bridgehead atoms. The summed E-state index contributed by atoms with van der Waals surface area (Å²) in [4.78, 5) is 24.4. The fourth-order valence-electron chi connectivity index (χ4n) is 2.66. The zero-order valence-corrected chi connectivity index (χ0v) is 12.6. The van der Waals surface area contributed by atoms with E-state index in [-0.39, 0.29) is 24.3 Å². The number of nitriles is 1. The van der Waals surface area contributed by atoms with Crippen LogP contribution in [0.15, 0.2) is 18.2 Å². The Kier molecular flexibility index (Phi) is 5.12. The molecule has 22 heavy (non-hydrogen) atoms. The fraction of sp³-hybridized carbons (Fsp3) is 0.438. The number of hydrogen-bond acceptors (Lipinski definition) is 5. The van der Waals surface area contributed by atoms with Gasteiger partial charge in [-0.05, 0) is 38.0 Å². The molecule has 1 amide bonds. The summed E-state index contributed by atoms with van der Waals surface area (Å²) in [5.74, 6) is -0.337. The minimum atomic E-state index is -0.313. The highest BCUT2D eigenvalue weighted by molar-refractivity contribution is 5.95. The zero-order chi connectivity index (χ0) is 16.1. The molecule has 1 aromatic rings. The van der Waals surface area contributed by atoms with Crippen LogP contribution >= 0.6 is 0 Å². The van der Waals surface area contributed by atoms with Gasteiger partial charge in [-0.1, -0.05) is 0 Å². The SMILES string of the molecule is CC(=O)c1ccc(C#N)c(NC2CCN(CC(N)=O)CC2)c1. The number of hydrogen-bond donors (Lipinski definition) is 2. The van der Waals surface area contributed by atoms with Crippen molar-refractivity contribution in [3.05, 3.63) is 29.3 Å². The van der Waals surface area contributed by atoms with Crippen LogP contribution in [-0.2, 0) is 4.79 Å². The van der Waals surface area contributed by atoms with Crippen molar-refractivity contribution in [1.82, 2.24) is 4.90 Å². The molecule has 1 fully saturated rings. The number of piperidine rings is 1. The van der Waals surface area contributed by atoms with E-state index >= 15 is 0 Å². The zero-order valence-electron chi connectivity index (χ0n) is 12.6. The maximum atomic E-state index is 11.5. The molecule has 6 heteroatoms. The first-order valence-corrected chi connectivity index (χ1v) is 7.32. The van der Waals surface area contributed by atoms with Gasteiger partial charge in [-0.15, -0.1) is 0 Å². The van der Waals surface area contributed by atoms with Crippen molar-refractivity contribution in [2.24, 2.45) is 5.73 Å².